The number of rotatable bonds is 11. The van der Waals surface area contributed by atoms with Crippen molar-refractivity contribution in [3.05, 3.63) is 289 Å². The highest BCUT2D eigenvalue weighted by molar-refractivity contribution is 6.08. The summed E-state index contributed by atoms with van der Waals surface area (Å²) in [5.41, 5.74) is 21.3. The molecule has 4 atom stereocenters. The molecule has 10 aromatic carbocycles. The molecule has 0 amide bonds. The summed E-state index contributed by atoms with van der Waals surface area (Å²) in [5.74, 6) is 1.83. The van der Waals surface area contributed by atoms with Crippen LogP contribution in [0.4, 0.5) is 45.8 Å². The summed E-state index contributed by atoms with van der Waals surface area (Å²) in [6.45, 7) is 6.58. The van der Waals surface area contributed by atoms with E-state index in [9.17, 15) is 0 Å². The minimum Gasteiger partial charge on any atom is -0.456 e. The zero-order valence-electron chi connectivity index (χ0n) is 45.2. The lowest BCUT2D eigenvalue weighted by Gasteiger charge is -2.29. The van der Waals surface area contributed by atoms with Crippen LogP contribution < -0.4 is 19.6 Å². The number of allylic oxidation sites excluding steroid dienone is 3. The number of nitrogens with zero attached hydrogens (tertiary/aromatic N) is 7. The second-order valence-corrected chi connectivity index (χ2v) is 21.8. The van der Waals surface area contributed by atoms with Gasteiger partial charge in [-0.05, 0) is 145 Å². The first kappa shape index (κ1) is 47.7. The molecule has 8 heteroatoms. The molecular formula is C74H55N7O. The Labute approximate surface area is 476 Å². The topological polar surface area (TPSA) is 64.8 Å². The predicted octanol–water partition coefficient (Wildman–Crippen LogP) is 19.3. The second-order valence-electron chi connectivity index (χ2n) is 21.8. The molecule has 0 saturated heterocycles. The van der Waals surface area contributed by atoms with Crippen molar-refractivity contribution in [3.63, 3.8) is 0 Å². The zero-order valence-corrected chi connectivity index (χ0v) is 45.2. The van der Waals surface area contributed by atoms with E-state index in [-0.39, 0.29) is 24.2 Å². The van der Waals surface area contributed by atoms with Crippen molar-refractivity contribution in [1.29, 1.82) is 0 Å². The molecule has 0 fully saturated rings. The highest BCUT2D eigenvalue weighted by Gasteiger charge is 2.52. The smallest absolute Gasteiger partial charge is 0.234 e. The van der Waals surface area contributed by atoms with Gasteiger partial charge in [-0.25, -0.2) is 4.98 Å². The fourth-order valence-corrected chi connectivity index (χ4v) is 13.6. The van der Waals surface area contributed by atoms with Gasteiger partial charge in [0.05, 0.1) is 29.9 Å². The molecule has 0 radical (unpaired) electrons. The Kier molecular flexibility index (Phi) is 11.2. The molecular weight excluding hydrogens is 1000 g/mol. The van der Waals surface area contributed by atoms with E-state index in [0.29, 0.717) is 17.6 Å². The monoisotopic (exact) mass is 1060 g/mol. The number of para-hydroxylation sites is 5. The third-order valence-electron chi connectivity index (χ3n) is 17.2. The zero-order chi connectivity index (χ0) is 54.4. The van der Waals surface area contributed by atoms with Crippen molar-refractivity contribution in [2.24, 2.45) is 0 Å². The number of aromatic nitrogens is 3. The number of furan rings is 1. The molecule has 2 aromatic heterocycles. The van der Waals surface area contributed by atoms with Crippen molar-refractivity contribution in [3.8, 4) is 33.6 Å². The number of hydrogen-bond acceptors (Lipinski definition) is 8. The van der Waals surface area contributed by atoms with Crippen LogP contribution in [0.15, 0.2) is 266 Å². The minimum atomic E-state index is -0.146. The van der Waals surface area contributed by atoms with Gasteiger partial charge in [0.2, 0.25) is 5.95 Å². The van der Waals surface area contributed by atoms with Crippen LogP contribution in [-0.4, -0.2) is 15.0 Å². The molecule has 0 saturated carbocycles. The largest absolute Gasteiger partial charge is 0.456 e. The van der Waals surface area contributed by atoms with E-state index in [4.69, 9.17) is 19.4 Å². The average Bonchev–Trinajstić information content (AvgIpc) is 4.43. The van der Waals surface area contributed by atoms with Crippen LogP contribution >= 0.6 is 0 Å². The molecule has 16 rings (SSSR count). The normalized spacial score (nSPS) is 17.3. The fraction of sp³-hybridized carbons (Fsp3) is 0.0946. The number of hydrogen-bond donors (Lipinski definition) is 0. The Hall–Kier alpha value is -10.3. The lowest BCUT2D eigenvalue weighted by atomic mass is 9.95. The SMILES string of the molecule is C=C(CC/C=C\C)c1nc(-c2ccccc2)nc(N2c3ccc(-c4ccc5oc6ccc(-c7ccc8c(c7)C7C(c9ccccc9N7c7ccccc7)N8c7ccccc7)cc6c5c4)cc3C3C2c2ccccc2N3c2ccccc2)n1. The molecule has 4 aliphatic rings. The van der Waals surface area contributed by atoms with Gasteiger partial charge in [0.25, 0.3) is 0 Å². The van der Waals surface area contributed by atoms with Gasteiger partial charge in [-0.2, -0.15) is 9.97 Å². The Morgan fingerprint density at radius 2 is 0.829 bits per heavy atom. The van der Waals surface area contributed by atoms with Crippen molar-refractivity contribution in [2.75, 3.05) is 19.6 Å². The molecule has 12 aromatic rings. The first-order valence-corrected chi connectivity index (χ1v) is 28.4. The molecule has 392 valence electrons. The highest BCUT2D eigenvalue weighted by Crippen LogP contribution is 2.64. The molecule has 0 aliphatic carbocycles. The fourth-order valence-electron chi connectivity index (χ4n) is 13.6. The molecule has 6 heterocycles. The summed E-state index contributed by atoms with van der Waals surface area (Å²) < 4.78 is 6.66. The van der Waals surface area contributed by atoms with Gasteiger partial charge in [0.15, 0.2) is 11.6 Å². The Morgan fingerprint density at radius 1 is 0.415 bits per heavy atom. The van der Waals surface area contributed by atoms with Crippen LogP contribution in [-0.2, 0) is 0 Å². The summed E-state index contributed by atoms with van der Waals surface area (Å²) in [6.07, 6.45) is 5.84. The van der Waals surface area contributed by atoms with Gasteiger partial charge in [-0.15, -0.1) is 0 Å². The molecule has 82 heavy (non-hydrogen) atoms. The maximum atomic E-state index is 6.66. The van der Waals surface area contributed by atoms with E-state index in [1.807, 2.05) is 25.1 Å². The van der Waals surface area contributed by atoms with E-state index >= 15 is 0 Å². The molecule has 0 N–H and O–H groups in total. The van der Waals surface area contributed by atoms with E-state index < -0.39 is 0 Å². The van der Waals surface area contributed by atoms with Crippen molar-refractivity contribution in [1.82, 2.24) is 15.0 Å². The predicted molar refractivity (Wildman–Crippen MR) is 335 cm³/mol. The van der Waals surface area contributed by atoms with E-state index in [1.165, 1.54) is 56.3 Å². The summed E-state index contributed by atoms with van der Waals surface area (Å²) in [5, 5.41) is 2.16. The van der Waals surface area contributed by atoms with E-state index in [2.05, 4.69) is 263 Å². The van der Waals surface area contributed by atoms with Gasteiger partial charge in [-0.1, -0.05) is 164 Å². The number of anilines is 8. The van der Waals surface area contributed by atoms with E-state index in [0.717, 1.165) is 74.0 Å². The van der Waals surface area contributed by atoms with Gasteiger partial charge in [-0.3, -0.25) is 0 Å². The van der Waals surface area contributed by atoms with Crippen LogP contribution in [0.2, 0.25) is 0 Å². The number of benzene rings is 10. The van der Waals surface area contributed by atoms with Crippen LogP contribution in [0.25, 0.3) is 61.2 Å². The summed E-state index contributed by atoms with van der Waals surface area (Å²) in [6, 6.07) is 87.7. The van der Waals surface area contributed by atoms with E-state index in [1.54, 1.807) is 0 Å². The van der Waals surface area contributed by atoms with Crippen LogP contribution in [0.1, 0.15) is 72.0 Å². The quantitative estimate of drug-likeness (QED) is 0.119. The first-order chi connectivity index (χ1) is 40.6. The molecule has 8 nitrogen and oxygen atoms in total. The average molecular weight is 1060 g/mol. The first-order valence-electron chi connectivity index (χ1n) is 28.4. The molecule has 4 aliphatic heterocycles. The summed E-state index contributed by atoms with van der Waals surface area (Å²) >= 11 is 0. The Morgan fingerprint density at radius 3 is 1.34 bits per heavy atom. The van der Waals surface area contributed by atoms with Crippen molar-refractivity contribution >= 4 is 73.3 Å². The number of fused-ring (bicyclic) bond motifs is 13. The Bertz CT molecular complexity index is 4500. The van der Waals surface area contributed by atoms with Crippen LogP contribution in [0, 0.1) is 0 Å². The minimum absolute atomic E-state index is 0.0588. The Balaban J connectivity index is 0.816. The molecule has 0 spiro atoms. The van der Waals surface area contributed by atoms with Crippen molar-refractivity contribution in [2.45, 2.75) is 43.9 Å². The van der Waals surface area contributed by atoms with Crippen molar-refractivity contribution < 1.29 is 4.42 Å². The standard InChI is InChI=1S/C74H55N7O/c1-3-4-9-22-47(2)72-75-73(48-23-10-5-11-24-48)77-74(76-72)81-65-40-36-50(46-61(65)71-69(81)57-32-19-21-34-63(57)79(71)54-27-14-7-15-28-54)52-38-42-67-59(44-52)58-43-51(37-41-66(58)82-67)49-35-39-64-60(45-49)70-68(80(64)55-29-16-8-17-30-55)56-31-18-20-33-62(56)78(70)53-25-12-6-13-26-53/h3-8,10-21,23-46,68-71H,2,9,22H2,1H3/b4-3-. The van der Waals surface area contributed by atoms with Gasteiger partial charge >= 0.3 is 0 Å². The van der Waals surface area contributed by atoms with Gasteiger partial charge in [0, 0.05) is 72.7 Å². The lowest BCUT2D eigenvalue weighted by molar-refractivity contribution is 0.624. The van der Waals surface area contributed by atoms with Gasteiger partial charge in [0.1, 0.15) is 11.2 Å². The highest BCUT2D eigenvalue weighted by atomic mass is 16.3. The summed E-state index contributed by atoms with van der Waals surface area (Å²) in [4.78, 5) is 25.7. The van der Waals surface area contributed by atoms with Crippen LogP contribution in [0.5, 0.6) is 0 Å². The third-order valence-corrected chi connectivity index (χ3v) is 17.2. The van der Waals surface area contributed by atoms with Gasteiger partial charge < -0.3 is 24.0 Å². The lowest BCUT2D eigenvalue weighted by Crippen LogP contribution is -2.26. The molecule has 0 bridgehead atoms. The van der Waals surface area contributed by atoms with Crippen LogP contribution in [0.3, 0.4) is 0 Å². The third kappa shape index (κ3) is 7.55. The second kappa shape index (κ2) is 19.2. The maximum Gasteiger partial charge on any atom is 0.234 e. The summed E-state index contributed by atoms with van der Waals surface area (Å²) in [7, 11) is 0. The molecule has 4 unspecified atom stereocenters. The maximum absolute atomic E-state index is 6.66.